The van der Waals surface area contributed by atoms with E-state index in [1.807, 2.05) is 18.2 Å². The summed E-state index contributed by atoms with van der Waals surface area (Å²) in [5, 5.41) is 3.19. The van der Waals surface area contributed by atoms with Crippen molar-refractivity contribution >= 4 is 17.4 Å². The molecule has 1 aromatic rings. The van der Waals surface area contributed by atoms with Crippen LogP contribution in [0, 0.1) is 0 Å². The largest absolute Gasteiger partial charge is 0.303 e. The number of carbonyl (C=O) groups excluding carboxylic acids is 1. The number of hydrogen-bond donors (Lipinski definition) is 1. The van der Waals surface area contributed by atoms with Crippen LogP contribution in [-0.2, 0) is 11.2 Å². The fourth-order valence-corrected chi connectivity index (χ4v) is 2.02. The monoisotopic (exact) mass is 209 g/mol. The minimum Gasteiger partial charge on any atom is -0.303 e. The van der Waals surface area contributed by atoms with E-state index in [-0.39, 0.29) is 17.7 Å². The van der Waals surface area contributed by atoms with Crippen molar-refractivity contribution in [2.75, 3.05) is 12.4 Å². The molecule has 0 bridgehead atoms. The molecule has 0 aromatic heterocycles. The summed E-state index contributed by atoms with van der Waals surface area (Å²) in [7, 11) is 0. The van der Waals surface area contributed by atoms with Gasteiger partial charge in [-0.1, -0.05) is 24.3 Å². The maximum Gasteiger partial charge on any atom is 0.168 e. The number of rotatable bonds is 2. The van der Waals surface area contributed by atoms with Gasteiger partial charge in [-0.25, -0.2) is 0 Å². The summed E-state index contributed by atoms with van der Waals surface area (Å²) < 4.78 is 0. The maximum absolute atomic E-state index is 11.5. The van der Waals surface area contributed by atoms with E-state index < -0.39 is 0 Å². The Morgan fingerprint density at radius 2 is 2.29 bits per heavy atom. The summed E-state index contributed by atoms with van der Waals surface area (Å²) >= 11 is 5.56. The zero-order valence-corrected chi connectivity index (χ0v) is 8.55. The van der Waals surface area contributed by atoms with Gasteiger partial charge < -0.3 is 5.32 Å². The lowest BCUT2D eigenvalue weighted by Gasteiger charge is -2.25. The highest BCUT2D eigenvalue weighted by Gasteiger charge is 2.24. The Labute approximate surface area is 88.3 Å². The molecule has 1 aliphatic heterocycles. The lowest BCUT2D eigenvalue weighted by molar-refractivity contribution is -0.118. The van der Waals surface area contributed by atoms with Crippen molar-refractivity contribution < 1.29 is 4.79 Å². The van der Waals surface area contributed by atoms with E-state index in [4.69, 9.17) is 11.6 Å². The molecule has 0 fully saturated rings. The van der Waals surface area contributed by atoms with Crippen LogP contribution in [0.15, 0.2) is 24.3 Å². The minimum absolute atomic E-state index is 0.0545. The van der Waals surface area contributed by atoms with Gasteiger partial charge in [0.15, 0.2) is 5.78 Å². The van der Waals surface area contributed by atoms with E-state index in [1.165, 1.54) is 5.56 Å². The predicted octanol–water partition coefficient (Wildman–Crippen LogP) is 1.68. The average Bonchev–Trinajstić information content (AvgIpc) is 2.27. The van der Waals surface area contributed by atoms with Crippen LogP contribution in [0.5, 0.6) is 0 Å². The Kier molecular flexibility index (Phi) is 2.85. The Bertz CT molecular complexity index is 351. The van der Waals surface area contributed by atoms with Gasteiger partial charge in [-0.3, -0.25) is 4.79 Å². The molecule has 2 rings (SSSR count). The highest BCUT2D eigenvalue weighted by Crippen LogP contribution is 2.23. The molecule has 1 heterocycles. The molecule has 0 spiro atoms. The molecule has 1 unspecified atom stereocenters. The fourth-order valence-electron chi connectivity index (χ4n) is 1.87. The van der Waals surface area contributed by atoms with E-state index in [1.54, 1.807) is 0 Å². The van der Waals surface area contributed by atoms with Crippen molar-refractivity contribution in [3.63, 3.8) is 0 Å². The molecule has 1 atom stereocenters. The van der Waals surface area contributed by atoms with Gasteiger partial charge in [0, 0.05) is 6.54 Å². The van der Waals surface area contributed by atoms with Gasteiger partial charge in [-0.05, 0) is 17.5 Å². The van der Waals surface area contributed by atoms with Crippen LogP contribution in [-0.4, -0.2) is 18.2 Å². The second kappa shape index (κ2) is 4.11. The summed E-state index contributed by atoms with van der Waals surface area (Å²) in [6.07, 6.45) is 0.988. The summed E-state index contributed by atoms with van der Waals surface area (Å²) in [5.74, 6) is 0.130. The Morgan fingerprint density at radius 1 is 1.50 bits per heavy atom. The third-order valence-corrected chi connectivity index (χ3v) is 2.83. The fraction of sp³-hybridized carbons (Fsp3) is 0.364. The lowest BCUT2D eigenvalue weighted by Crippen LogP contribution is -2.35. The van der Waals surface area contributed by atoms with Crippen LogP contribution in [0.25, 0.3) is 0 Å². The van der Waals surface area contributed by atoms with Gasteiger partial charge in [0.2, 0.25) is 0 Å². The third kappa shape index (κ3) is 1.68. The van der Waals surface area contributed by atoms with Crippen LogP contribution in [0.3, 0.4) is 0 Å². The summed E-state index contributed by atoms with van der Waals surface area (Å²) in [4.78, 5) is 11.5. The molecule has 1 N–H and O–H groups in total. The number of ketones is 1. The Balaban J connectivity index is 2.35. The van der Waals surface area contributed by atoms with Crippen molar-refractivity contribution in [3.05, 3.63) is 35.4 Å². The Hall–Kier alpha value is -0.860. The zero-order valence-electron chi connectivity index (χ0n) is 7.79. The summed E-state index contributed by atoms with van der Waals surface area (Å²) in [6, 6.07) is 7.84. The number of benzene rings is 1. The maximum atomic E-state index is 11.5. The second-order valence-electron chi connectivity index (χ2n) is 3.44. The van der Waals surface area contributed by atoms with E-state index in [9.17, 15) is 4.79 Å². The van der Waals surface area contributed by atoms with Crippen molar-refractivity contribution in [3.8, 4) is 0 Å². The first-order valence-electron chi connectivity index (χ1n) is 4.73. The van der Waals surface area contributed by atoms with Crippen LogP contribution in [0.1, 0.15) is 17.2 Å². The zero-order chi connectivity index (χ0) is 9.97. The molecule has 2 nitrogen and oxygen atoms in total. The summed E-state index contributed by atoms with van der Waals surface area (Å²) in [5.41, 5.74) is 2.35. The Morgan fingerprint density at radius 3 is 3.07 bits per heavy atom. The molecule has 0 amide bonds. The van der Waals surface area contributed by atoms with Crippen LogP contribution < -0.4 is 5.32 Å². The van der Waals surface area contributed by atoms with Crippen molar-refractivity contribution in [2.24, 2.45) is 0 Å². The van der Waals surface area contributed by atoms with Gasteiger partial charge in [0.05, 0.1) is 11.9 Å². The number of nitrogens with one attached hydrogen (secondary N) is 1. The molecule has 0 radical (unpaired) electrons. The van der Waals surface area contributed by atoms with Gasteiger partial charge in [0.25, 0.3) is 0 Å². The van der Waals surface area contributed by atoms with Crippen LogP contribution >= 0.6 is 11.6 Å². The first-order chi connectivity index (χ1) is 6.83. The third-order valence-electron chi connectivity index (χ3n) is 2.56. The molecule has 74 valence electrons. The highest BCUT2D eigenvalue weighted by molar-refractivity contribution is 6.28. The van der Waals surface area contributed by atoms with Gasteiger partial charge in [-0.2, -0.15) is 0 Å². The van der Waals surface area contributed by atoms with E-state index in [2.05, 4.69) is 11.4 Å². The molecule has 0 saturated carbocycles. The standard InChI is InChI=1S/C11H12ClNO/c12-7-10(14)11-9-4-2-1-3-8(9)5-6-13-11/h1-4,11,13H,5-7H2. The van der Waals surface area contributed by atoms with Crippen LogP contribution in [0.2, 0.25) is 0 Å². The summed E-state index contributed by atoms with van der Waals surface area (Å²) in [6.45, 7) is 0.851. The quantitative estimate of drug-likeness (QED) is 0.751. The van der Waals surface area contributed by atoms with Gasteiger partial charge >= 0.3 is 0 Å². The van der Waals surface area contributed by atoms with Gasteiger partial charge in [-0.15, -0.1) is 11.6 Å². The smallest absolute Gasteiger partial charge is 0.168 e. The number of hydrogen-bond acceptors (Lipinski definition) is 2. The first kappa shape index (κ1) is 9.69. The van der Waals surface area contributed by atoms with E-state index in [0.717, 1.165) is 18.5 Å². The second-order valence-corrected chi connectivity index (χ2v) is 3.70. The predicted molar refractivity (Wildman–Crippen MR) is 56.6 cm³/mol. The van der Waals surface area contributed by atoms with Crippen molar-refractivity contribution in [2.45, 2.75) is 12.5 Å². The van der Waals surface area contributed by atoms with Crippen LogP contribution in [0.4, 0.5) is 0 Å². The molecule has 0 saturated heterocycles. The minimum atomic E-state index is -0.197. The van der Waals surface area contributed by atoms with E-state index in [0.29, 0.717) is 0 Å². The molecule has 3 heteroatoms. The first-order valence-corrected chi connectivity index (χ1v) is 5.26. The van der Waals surface area contributed by atoms with Crippen molar-refractivity contribution in [1.82, 2.24) is 5.32 Å². The molecule has 1 aromatic carbocycles. The molecule has 1 aliphatic rings. The number of halogens is 1. The average molecular weight is 210 g/mol. The van der Waals surface area contributed by atoms with Gasteiger partial charge in [0.1, 0.15) is 0 Å². The molecular formula is C11H12ClNO. The number of fused-ring (bicyclic) bond motifs is 1. The topological polar surface area (TPSA) is 29.1 Å². The SMILES string of the molecule is O=C(CCl)C1NCCc2ccccc21. The van der Waals surface area contributed by atoms with E-state index >= 15 is 0 Å². The van der Waals surface area contributed by atoms with Crippen molar-refractivity contribution in [1.29, 1.82) is 0 Å². The molecular weight excluding hydrogens is 198 g/mol. The lowest BCUT2D eigenvalue weighted by atomic mass is 9.92. The molecule has 14 heavy (non-hydrogen) atoms. The number of Topliss-reactive ketones (excluding diaryl/α,β-unsaturated/α-hetero) is 1. The highest BCUT2D eigenvalue weighted by atomic mass is 35.5. The molecule has 0 aliphatic carbocycles. The number of alkyl halides is 1. The normalized spacial score (nSPS) is 20.2. The number of carbonyl (C=O) groups is 1.